The maximum absolute atomic E-state index is 12.5. The largest absolute Gasteiger partial charge is 0.454 e. The number of hydrogen-bond acceptors (Lipinski definition) is 7. The molecule has 30 heavy (non-hydrogen) atoms. The van der Waals surface area contributed by atoms with Crippen molar-refractivity contribution in [3.05, 3.63) is 69.3 Å². The van der Waals surface area contributed by atoms with E-state index in [4.69, 9.17) is 4.74 Å². The van der Waals surface area contributed by atoms with Crippen LogP contribution >= 0.6 is 0 Å². The quantitative estimate of drug-likeness (QED) is 0.285. The van der Waals surface area contributed by atoms with Gasteiger partial charge in [0.1, 0.15) is 0 Å². The van der Waals surface area contributed by atoms with E-state index in [2.05, 4.69) is 0 Å². The van der Waals surface area contributed by atoms with E-state index >= 15 is 0 Å². The Bertz CT molecular complexity index is 1090. The molecule has 9 nitrogen and oxygen atoms in total. The molecule has 0 spiro atoms. The van der Waals surface area contributed by atoms with Gasteiger partial charge in [0.15, 0.2) is 12.4 Å². The first-order valence-electron chi connectivity index (χ1n) is 9.26. The third-order valence-electron chi connectivity index (χ3n) is 4.85. The molecule has 1 aliphatic heterocycles. The lowest BCUT2D eigenvalue weighted by Crippen LogP contribution is -2.27. The normalized spacial score (nSPS) is 14.4. The number of sulfonamides is 1. The lowest BCUT2D eigenvalue weighted by molar-refractivity contribution is -0.385. The number of esters is 1. The van der Waals surface area contributed by atoms with Gasteiger partial charge in [0.2, 0.25) is 10.0 Å². The summed E-state index contributed by atoms with van der Waals surface area (Å²) in [6.45, 7) is 1.94. The molecule has 0 amide bonds. The number of aryl methyl sites for hydroxylation is 1. The van der Waals surface area contributed by atoms with Crippen molar-refractivity contribution in [3.63, 3.8) is 0 Å². The highest BCUT2D eigenvalue weighted by Gasteiger charge is 2.27. The molecule has 1 fully saturated rings. The van der Waals surface area contributed by atoms with Crippen molar-refractivity contribution in [3.8, 4) is 0 Å². The summed E-state index contributed by atoms with van der Waals surface area (Å²) in [7, 11) is -3.58. The number of nitro benzene ring substituents is 1. The second-order valence-electron chi connectivity index (χ2n) is 6.89. The third-order valence-corrected chi connectivity index (χ3v) is 6.77. The number of hydrogen-bond donors (Lipinski definition) is 0. The highest BCUT2D eigenvalue weighted by Crippen LogP contribution is 2.22. The minimum Gasteiger partial charge on any atom is -0.454 e. The molecule has 1 saturated heterocycles. The van der Waals surface area contributed by atoms with Crippen molar-refractivity contribution in [2.24, 2.45) is 0 Å². The van der Waals surface area contributed by atoms with E-state index in [-0.39, 0.29) is 21.7 Å². The summed E-state index contributed by atoms with van der Waals surface area (Å²) in [4.78, 5) is 34.9. The number of ketones is 1. The fraction of sp³-hybridized carbons (Fsp3) is 0.300. The van der Waals surface area contributed by atoms with Crippen molar-refractivity contribution in [2.75, 3.05) is 19.7 Å². The van der Waals surface area contributed by atoms with Gasteiger partial charge in [-0.25, -0.2) is 13.2 Å². The molecule has 0 atom stereocenters. The van der Waals surface area contributed by atoms with Gasteiger partial charge in [0, 0.05) is 30.3 Å². The Kier molecular flexibility index (Phi) is 6.28. The fourth-order valence-electron chi connectivity index (χ4n) is 3.12. The number of ether oxygens (including phenoxy) is 1. The molecule has 0 radical (unpaired) electrons. The molecule has 0 aliphatic carbocycles. The summed E-state index contributed by atoms with van der Waals surface area (Å²) in [6, 6.07) is 9.35. The molecule has 0 bridgehead atoms. The zero-order chi connectivity index (χ0) is 21.9. The van der Waals surface area contributed by atoms with Crippen LogP contribution in [0.2, 0.25) is 0 Å². The second-order valence-corrected chi connectivity index (χ2v) is 8.83. The number of carbonyl (C=O) groups is 2. The van der Waals surface area contributed by atoms with E-state index in [0.29, 0.717) is 18.7 Å². The van der Waals surface area contributed by atoms with Crippen LogP contribution in [0.5, 0.6) is 0 Å². The maximum atomic E-state index is 12.5. The Hall–Kier alpha value is -3.11. The predicted octanol–water partition coefficient (Wildman–Crippen LogP) is 2.73. The molecular formula is C20H20N2O7S. The van der Waals surface area contributed by atoms with Crippen LogP contribution in [0, 0.1) is 17.0 Å². The van der Waals surface area contributed by atoms with Crippen LogP contribution in [0.15, 0.2) is 47.4 Å². The van der Waals surface area contributed by atoms with Gasteiger partial charge in [-0.1, -0.05) is 6.07 Å². The van der Waals surface area contributed by atoms with Gasteiger partial charge in [0.05, 0.1) is 15.4 Å². The van der Waals surface area contributed by atoms with Gasteiger partial charge in [-0.3, -0.25) is 14.9 Å². The summed E-state index contributed by atoms with van der Waals surface area (Å²) < 4.78 is 31.4. The van der Waals surface area contributed by atoms with E-state index in [1.54, 1.807) is 6.92 Å². The number of nitrogens with zero attached hydrogens (tertiary/aromatic N) is 2. The number of carbonyl (C=O) groups excluding carboxylic acids is 2. The van der Waals surface area contributed by atoms with E-state index in [0.717, 1.165) is 18.9 Å². The van der Waals surface area contributed by atoms with Gasteiger partial charge in [0.25, 0.3) is 5.69 Å². The van der Waals surface area contributed by atoms with Crippen molar-refractivity contribution in [1.29, 1.82) is 0 Å². The van der Waals surface area contributed by atoms with Gasteiger partial charge in [-0.15, -0.1) is 0 Å². The number of nitro groups is 1. The SMILES string of the molecule is Cc1ccc(C(=O)OCC(=O)c2ccc(S(=O)(=O)N3CCCC3)cc2)cc1[N+](=O)[O-]. The van der Waals surface area contributed by atoms with E-state index in [1.807, 2.05) is 0 Å². The smallest absolute Gasteiger partial charge is 0.338 e. The molecular weight excluding hydrogens is 412 g/mol. The first-order chi connectivity index (χ1) is 14.2. The Balaban J connectivity index is 1.64. The molecule has 2 aromatic rings. The van der Waals surface area contributed by atoms with Crippen LogP contribution in [0.3, 0.4) is 0 Å². The minimum absolute atomic E-state index is 0.0350. The Morgan fingerprint density at radius 2 is 1.67 bits per heavy atom. The summed E-state index contributed by atoms with van der Waals surface area (Å²) in [6.07, 6.45) is 1.65. The highest BCUT2D eigenvalue weighted by atomic mass is 32.2. The molecule has 1 aliphatic rings. The molecule has 0 saturated carbocycles. The zero-order valence-corrected chi connectivity index (χ0v) is 17.1. The monoisotopic (exact) mass is 432 g/mol. The summed E-state index contributed by atoms with van der Waals surface area (Å²) in [5.41, 5.74) is 0.340. The summed E-state index contributed by atoms with van der Waals surface area (Å²) >= 11 is 0. The molecule has 10 heteroatoms. The van der Waals surface area contributed by atoms with Gasteiger partial charge in [-0.05, 0) is 50.1 Å². The number of rotatable bonds is 7. The zero-order valence-electron chi connectivity index (χ0n) is 16.2. The van der Waals surface area contributed by atoms with Crippen LogP contribution in [0.1, 0.15) is 39.1 Å². The fourth-order valence-corrected chi connectivity index (χ4v) is 4.64. The van der Waals surface area contributed by atoms with Gasteiger partial charge in [-0.2, -0.15) is 4.31 Å². The van der Waals surface area contributed by atoms with Crippen molar-refractivity contribution in [1.82, 2.24) is 4.31 Å². The van der Waals surface area contributed by atoms with E-state index in [1.165, 1.54) is 40.7 Å². The van der Waals surface area contributed by atoms with Gasteiger partial charge < -0.3 is 4.74 Å². The Morgan fingerprint density at radius 1 is 1.07 bits per heavy atom. The molecule has 2 aromatic carbocycles. The molecule has 0 unspecified atom stereocenters. The number of benzene rings is 2. The molecule has 158 valence electrons. The van der Waals surface area contributed by atoms with Crippen LogP contribution in [0.25, 0.3) is 0 Å². The third kappa shape index (κ3) is 4.55. The molecule has 0 N–H and O–H groups in total. The Labute approximate surface area is 173 Å². The average Bonchev–Trinajstić information content (AvgIpc) is 3.28. The molecule has 1 heterocycles. The number of Topliss-reactive ketones (excluding diaryl/α,β-unsaturated/α-hetero) is 1. The van der Waals surface area contributed by atoms with Gasteiger partial charge >= 0.3 is 5.97 Å². The predicted molar refractivity (Wildman–Crippen MR) is 107 cm³/mol. The van der Waals surface area contributed by atoms with Crippen molar-refractivity contribution in [2.45, 2.75) is 24.7 Å². The summed E-state index contributed by atoms with van der Waals surface area (Å²) in [5.74, 6) is -1.38. The minimum atomic E-state index is -3.58. The average molecular weight is 432 g/mol. The highest BCUT2D eigenvalue weighted by molar-refractivity contribution is 7.89. The standard InChI is InChI=1S/C20H20N2O7S/c1-14-4-5-16(12-18(14)22(25)26)20(24)29-13-19(23)15-6-8-17(9-7-15)30(27,28)21-10-2-3-11-21/h4-9,12H,2-3,10-11,13H2,1H3. The molecule has 3 rings (SSSR count). The topological polar surface area (TPSA) is 124 Å². The first kappa shape index (κ1) is 21.6. The molecule has 0 aromatic heterocycles. The Morgan fingerprint density at radius 3 is 2.27 bits per heavy atom. The van der Waals surface area contributed by atoms with Crippen LogP contribution in [0.4, 0.5) is 5.69 Å². The van der Waals surface area contributed by atoms with Crippen molar-refractivity contribution < 1.29 is 27.7 Å². The summed E-state index contributed by atoms with van der Waals surface area (Å²) in [5, 5.41) is 11.0. The first-order valence-corrected chi connectivity index (χ1v) is 10.7. The van der Waals surface area contributed by atoms with Crippen LogP contribution in [-0.4, -0.2) is 49.1 Å². The van der Waals surface area contributed by atoms with Crippen molar-refractivity contribution >= 4 is 27.5 Å². The van der Waals surface area contributed by atoms with E-state index in [9.17, 15) is 28.1 Å². The maximum Gasteiger partial charge on any atom is 0.338 e. The van der Waals surface area contributed by atoms with Crippen LogP contribution in [-0.2, 0) is 14.8 Å². The lowest BCUT2D eigenvalue weighted by Gasteiger charge is -2.15. The van der Waals surface area contributed by atoms with Crippen LogP contribution < -0.4 is 0 Å². The lowest BCUT2D eigenvalue weighted by atomic mass is 10.1. The van der Waals surface area contributed by atoms with E-state index < -0.39 is 33.3 Å². The second kappa shape index (κ2) is 8.72.